The van der Waals surface area contributed by atoms with Crippen LogP contribution in [0.3, 0.4) is 0 Å². The standard InChI is InChI=1S/C6H9N7/c1-8-13-5-3-4(10-2-9-3)11-6(7)12-5/h2,8H,1H3,(H4,7,9,10,11,12,13). The van der Waals surface area contributed by atoms with Crippen molar-refractivity contribution in [3.63, 3.8) is 0 Å². The first-order valence-electron chi connectivity index (χ1n) is 3.70. The molecule has 0 saturated carbocycles. The maximum absolute atomic E-state index is 5.47. The van der Waals surface area contributed by atoms with E-state index in [1.165, 1.54) is 0 Å². The summed E-state index contributed by atoms with van der Waals surface area (Å²) >= 11 is 0. The number of aromatic nitrogens is 4. The van der Waals surface area contributed by atoms with E-state index in [2.05, 4.69) is 30.8 Å². The number of hydrazine groups is 1. The second kappa shape index (κ2) is 2.87. The number of fused-ring (bicyclic) bond motifs is 1. The quantitative estimate of drug-likeness (QED) is 0.462. The third-order valence-corrected chi connectivity index (χ3v) is 1.55. The average Bonchev–Trinajstić information content (AvgIpc) is 2.52. The Hall–Kier alpha value is -1.89. The summed E-state index contributed by atoms with van der Waals surface area (Å²) in [7, 11) is 1.74. The molecule has 0 bridgehead atoms. The molecule has 0 aliphatic rings. The van der Waals surface area contributed by atoms with E-state index in [9.17, 15) is 0 Å². The largest absolute Gasteiger partial charge is 0.368 e. The summed E-state index contributed by atoms with van der Waals surface area (Å²) in [6, 6.07) is 0. The third-order valence-electron chi connectivity index (χ3n) is 1.55. The first-order chi connectivity index (χ1) is 6.31. The van der Waals surface area contributed by atoms with E-state index in [-0.39, 0.29) is 5.95 Å². The molecule has 0 aliphatic carbocycles. The fourth-order valence-electron chi connectivity index (χ4n) is 1.06. The van der Waals surface area contributed by atoms with Crippen molar-refractivity contribution in [1.82, 2.24) is 25.4 Å². The Kier molecular flexibility index (Phi) is 1.71. The van der Waals surface area contributed by atoms with Crippen LogP contribution in [0.5, 0.6) is 0 Å². The summed E-state index contributed by atoms with van der Waals surface area (Å²) in [5.74, 6) is 0.778. The Morgan fingerprint density at radius 3 is 3.08 bits per heavy atom. The molecule has 0 aliphatic heterocycles. The van der Waals surface area contributed by atoms with Crippen LogP contribution >= 0.6 is 0 Å². The molecule has 2 heterocycles. The SMILES string of the molecule is CNNc1nc(N)nc2nc[nH]c12. The lowest BCUT2D eigenvalue weighted by molar-refractivity contribution is 0.966. The first-order valence-corrected chi connectivity index (χ1v) is 3.70. The van der Waals surface area contributed by atoms with Gasteiger partial charge in [0.1, 0.15) is 5.52 Å². The van der Waals surface area contributed by atoms with Crippen LogP contribution in [-0.4, -0.2) is 27.0 Å². The molecule has 0 amide bonds. The van der Waals surface area contributed by atoms with Crippen molar-refractivity contribution in [2.75, 3.05) is 18.2 Å². The molecule has 7 heteroatoms. The number of H-pyrrole nitrogens is 1. The zero-order chi connectivity index (χ0) is 9.26. The molecule has 68 valence electrons. The van der Waals surface area contributed by atoms with Gasteiger partial charge < -0.3 is 16.1 Å². The lowest BCUT2D eigenvalue weighted by Crippen LogP contribution is -2.17. The summed E-state index contributed by atoms with van der Waals surface area (Å²) in [5, 5.41) is 0. The van der Waals surface area contributed by atoms with E-state index < -0.39 is 0 Å². The van der Waals surface area contributed by atoms with E-state index in [1.807, 2.05) is 0 Å². The molecular formula is C6H9N7. The number of rotatable bonds is 2. The van der Waals surface area contributed by atoms with Crippen LogP contribution in [0.1, 0.15) is 0 Å². The summed E-state index contributed by atoms with van der Waals surface area (Å²) in [6.45, 7) is 0. The minimum Gasteiger partial charge on any atom is -0.368 e. The van der Waals surface area contributed by atoms with Crippen LogP contribution in [0.2, 0.25) is 0 Å². The van der Waals surface area contributed by atoms with Crippen molar-refractivity contribution in [1.29, 1.82) is 0 Å². The van der Waals surface area contributed by atoms with Crippen molar-refractivity contribution in [3.8, 4) is 0 Å². The number of nitrogen functional groups attached to an aromatic ring is 1. The van der Waals surface area contributed by atoms with E-state index in [0.717, 1.165) is 5.52 Å². The van der Waals surface area contributed by atoms with Crippen molar-refractivity contribution in [3.05, 3.63) is 6.33 Å². The Bertz CT molecular complexity index is 420. The van der Waals surface area contributed by atoms with Gasteiger partial charge in [-0.15, -0.1) is 0 Å². The van der Waals surface area contributed by atoms with Crippen LogP contribution in [0.15, 0.2) is 6.33 Å². The second-order valence-electron chi connectivity index (χ2n) is 2.41. The lowest BCUT2D eigenvalue weighted by atomic mass is 10.5. The number of anilines is 2. The van der Waals surface area contributed by atoms with Crippen molar-refractivity contribution in [2.45, 2.75) is 0 Å². The Balaban J connectivity index is 2.63. The summed E-state index contributed by atoms with van der Waals surface area (Å²) in [6.07, 6.45) is 1.54. The maximum atomic E-state index is 5.47. The third kappa shape index (κ3) is 1.25. The molecule has 7 nitrogen and oxygen atoms in total. The normalized spacial score (nSPS) is 10.5. The van der Waals surface area contributed by atoms with Crippen molar-refractivity contribution < 1.29 is 0 Å². The van der Waals surface area contributed by atoms with Crippen LogP contribution in [-0.2, 0) is 0 Å². The van der Waals surface area contributed by atoms with Crippen LogP contribution < -0.4 is 16.6 Å². The Morgan fingerprint density at radius 1 is 1.46 bits per heavy atom. The number of nitrogens with zero attached hydrogens (tertiary/aromatic N) is 3. The second-order valence-corrected chi connectivity index (χ2v) is 2.41. The highest BCUT2D eigenvalue weighted by Crippen LogP contribution is 2.15. The molecule has 2 rings (SSSR count). The minimum absolute atomic E-state index is 0.192. The van der Waals surface area contributed by atoms with Gasteiger partial charge in [-0.1, -0.05) is 0 Å². The number of hydrogen-bond acceptors (Lipinski definition) is 6. The smallest absolute Gasteiger partial charge is 0.224 e. The van der Waals surface area contributed by atoms with E-state index in [4.69, 9.17) is 5.73 Å². The van der Waals surface area contributed by atoms with Gasteiger partial charge in [-0.2, -0.15) is 9.97 Å². The average molecular weight is 179 g/mol. The Morgan fingerprint density at radius 2 is 2.31 bits per heavy atom. The van der Waals surface area contributed by atoms with Gasteiger partial charge in [-0.25, -0.2) is 10.4 Å². The van der Waals surface area contributed by atoms with Gasteiger partial charge in [0.05, 0.1) is 6.33 Å². The molecule has 0 atom stereocenters. The predicted molar refractivity (Wildman–Crippen MR) is 48.8 cm³/mol. The summed E-state index contributed by atoms with van der Waals surface area (Å²) < 4.78 is 0. The van der Waals surface area contributed by atoms with Crippen LogP contribution in [0, 0.1) is 0 Å². The molecule has 0 saturated heterocycles. The molecule has 0 radical (unpaired) electrons. The molecule has 2 aromatic rings. The topological polar surface area (TPSA) is 105 Å². The van der Waals surface area contributed by atoms with E-state index in [1.54, 1.807) is 13.4 Å². The highest BCUT2D eigenvalue weighted by molar-refractivity contribution is 5.83. The fraction of sp³-hybridized carbons (Fsp3) is 0.167. The first kappa shape index (κ1) is 7.74. The van der Waals surface area contributed by atoms with Gasteiger partial charge in [0, 0.05) is 7.05 Å². The van der Waals surface area contributed by atoms with Gasteiger partial charge in [0.2, 0.25) is 5.95 Å². The predicted octanol–water partition coefficient (Wildman–Crippen LogP) is -0.519. The fourth-order valence-corrected chi connectivity index (χ4v) is 1.06. The molecular weight excluding hydrogens is 170 g/mol. The maximum Gasteiger partial charge on any atom is 0.224 e. The number of nitrogens with two attached hydrogens (primary N) is 1. The zero-order valence-electron chi connectivity index (χ0n) is 7.00. The monoisotopic (exact) mass is 179 g/mol. The van der Waals surface area contributed by atoms with Gasteiger partial charge in [-0.05, 0) is 0 Å². The Labute approximate surface area is 73.8 Å². The van der Waals surface area contributed by atoms with Crippen LogP contribution in [0.25, 0.3) is 11.2 Å². The van der Waals surface area contributed by atoms with Gasteiger partial charge in [0.25, 0.3) is 0 Å². The van der Waals surface area contributed by atoms with Crippen molar-refractivity contribution in [2.24, 2.45) is 0 Å². The van der Waals surface area contributed by atoms with E-state index in [0.29, 0.717) is 11.5 Å². The van der Waals surface area contributed by atoms with Gasteiger partial charge in [0.15, 0.2) is 11.5 Å². The molecule has 2 aromatic heterocycles. The molecule has 0 fully saturated rings. The summed E-state index contributed by atoms with van der Waals surface area (Å²) in [5.41, 5.74) is 12.3. The molecule has 13 heavy (non-hydrogen) atoms. The van der Waals surface area contributed by atoms with Crippen LogP contribution in [0.4, 0.5) is 11.8 Å². The van der Waals surface area contributed by atoms with Gasteiger partial charge >= 0.3 is 0 Å². The molecule has 0 unspecified atom stereocenters. The number of hydrogen-bond donors (Lipinski definition) is 4. The van der Waals surface area contributed by atoms with Crippen molar-refractivity contribution >= 4 is 22.9 Å². The molecule has 5 N–H and O–H groups in total. The lowest BCUT2D eigenvalue weighted by Gasteiger charge is -2.03. The summed E-state index contributed by atoms with van der Waals surface area (Å²) in [4.78, 5) is 14.8. The molecule has 0 aromatic carbocycles. The highest BCUT2D eigenvalue weighted by atomic mass is 15.4. The minimum atomic E-state index is 0.192. The highest BCUT2D eigenvalue weighted by Gasteiger charge is 2.06. The van der Waals surface area contributed by atoms with E-state index >= 15 is 0 Å². The number of nitrogens with one attached hydrogen (secondary N) is 3. The number of imidazole rings is 1. The van der Waals surface area contributed by atoms with Gasteiger partial charge in [-0.3, -0.25) is 0 Å². The number of aromatic amines is 1. The molecule has 0 spiro atoms. The zero-order valence-corrected chi connectivity index (χ0v) is 7.00.